The van der Waals surface area contributed by atoms with E-state index in [9.17, 15) is 33.2 Å². The van der Waals surface area contributed by atoms with Gasteiger partial charge in [-0.15, -0.1) is 0 Å². The molecule has 0 amide bonds. The van der Waals surface area contributed by atoms with Gasteiger partial charge in [0.05, 0.1) is 31.2 Å². The van der Waals surface area contributed by atoms with E-state index < -0.39 is 34.8 Å². The van der Waals surface area contributed by atoms with Crippen molar-refractivity contribution in [3.63, 3.8) is 0 Å². The second-order valence-corrected chi connectivity index (χ2v) is 11.8. The molecule has 48 heavy (non-hydrogen) atoms. The van der Waals surface area contributed by atoms with Crippen LogP contribution in [0.3, 0.4) is 0 Å². The highest BCUT2D eigenvalue weighted by molar-refractivity contribution is 5.87. The van der Waals surface area contributed by atoms with Crippen LogP contribution in [-0.2, 0) is 23.4 Å². The first-order chi connectivity index (χ1) is 22.8. The van der Waals surface area contributed by atoms with E-state index >= 15 is 0 Å². The van der Waals surface area contributed by atoms with Gasteiger partial charge in [-0.25, -0.2) is 0 Å². The van der Waals surface area contributed by atoms with Gasteiger partial charge in [0, 0.05) is 60.9 Å². The molecule has 3 aromatic carbocycles. The third-order valence-electron chi connectivity index (χ3n) is 8.66. The lowest BCUT2D eigenvalue weighted by molar-refractivity contribution is -0.384. The molecule has 256 valence electrons. The first kappa shape index (κ1) is 34.5. The maximum Gasteiger partial charge on any atom is 0.422 e. The molecule has 1 aromatic heterocycles. The van der Waals surface area contributed by atoms with Crippen LogP contribution in [0.5, 0.6) is 17.2 Å². The van der Waals surface area contributed by atoms with Crippen molar-refractivity contribution in [1.29, 1.82) is 0 Å². The van der Waals surface area contributed by atoms with E-state index in [2.05, 4.69) is 0 Å². The zero-order valence-electron chi connectivity index (χ0n) is 26.4. The number of fused-ring (bicyclic) bond motifs is 1. The summed E-state index contributed by atoms with van der Waals surface area (Å²) in [5, 5.41) is 32.2. The SMILES string of the molecule is COc1ccccc1Cn1cc(C(O)(CN2CCC(Oc3ccc(CCC(=O)O)cc3OC)CC2)C(F)(F)F)c2ccc([N+](=O)[O-])cc21. The summed E-state index contributed by atoms with van der Waals surface area (Å²) in [7, 11) is 2.94. The van der Waals surface area contributed by atoms with Crippen molar-refractivity contribution in [2.45, 2.75) is 50.1 Å². The fraction of sp³-hybridized carbons (Fsp3) is 0.382. The number of para-hydroxylation sites is 1. The summed E-state index contributed by atoms with van der Waals surface area (Å²) >= 11 is 0. The van der Waals surface area contributed by atoms with Gasteiger partial charge >= 0.3 is 12.1 Å². The molecule has 1 atom stereocenters. The molecule has 1 unspecified atom stereocenters. The number of ether oxygens (including phenoxy) is 3. The third-order valence-corrected chi connectivity index (χ3v) is 8.66. The number of nitro benzene ring substituents is 1. The number of aromatic nitrogens is 1. The van der Waals surface area contributed by atoms with E-state index in [-0.39, 0.29) is 48.7 Å². The molecule has 1 fully saturated rings. The Morgan fingerprint density at radius 1 is 1.00 bits per heavy atom. The number of benzene rings is 3. The summed E-state index contributed by atoms with van der Waals surface area (Å²) in [6.07, 6.45) is -3.16. The number of hydrogen-bond acceptors (Lipinski definition) is 8. The minimum Gasteiger partial charge on any atom is -0.496 e. The largest absolute Gasteiger partial charge is 0.496 e. The van der Waals surface area contributed by atoms with E-state index in [1.807, 2.05) is 0 Å². The molecule has 1 saturated heterocycles. The number of methoxy groups -OCH3 is 2. The van der Waals surface area contributed by atoms with E-state index in [4.69, 9.17) is 19.3 Å². The van der Waals surface area contributed by atoms with Crippen molar-refractivity contribution in [3.8, 4) is 17.2 Å². The van der Waals surface area contributed by atoms with E-state index in [0.29, 0.717) is 42.1 Å². The molecular weight excluding hydrogens is 635 g/mol. The Balaban J connectivity index is 1.38. The fourth-order valence-corrected chi connectivity index (χ4v) is 6.10. The van der Waals surface area contributed by atoms with Crippen LogP contribution in [0.15, 0.2) is 66.9 Å². The van der Waals surface area contributed by atoms with Crippen LogP contribution >= 0.6 is 0 Å². The molecule has 2 heterocycles. The molecule has 0 spiro atoms. The van der Waals surface area contributed by atoms with E-state index in [1.165, 1.54) is 42.0 Å². The van der Waals surface area contributed by atoms with Crippen LogP contribution in [0.25, 0.3) is 10.9 Å². The normalized spacial score (nSPS) is 15.6. The summed E-state index contributed by atoms with van der Waals surface area (Å²) in [4.78, 5) is 23.4. The van der Waals surface area contributed by atoms with Crippen LogP contribution in [-0.4, -0.2) is 76.7 Å². The second kappa shape index (κ2) is 14.1. The number of halogens is 3. The lowest BCUT2D eigenvalue weighted by Gasteiger charge is -2.39. The summed E-state index contributed by atoms with van der Waals surface area (Å²) in [5.74, 6) is 0.450. The Bertz CT molecular complexity index is 1790. The maximum absolute atomic E-state index is 14.9. The molecule has 0 bridgehead atoms. The number of alkyl halides is 3. The molecule has 4 aromatic rings. The van der Waals surface area contributed by atoms with Gasteiger partial charge in [-0.3, -0.25) is 19.8 Å². The van der Waals surface area contributed by atoms with Crippen molar-refractivity contribution < 1.29 is 47.3 Å². The number of carboxylic acids is 1. The Morgan fingerprint density at radius 2 is 1.71 bits per heavy atom. The Morgan fingerprint density at radius 3 is 2.35 bits per heavy atom. The van der Waals surface area contributed by atoms with Gasteiger partial charge in [-0.1, -0.05) is 24.3 Å². The van der Waals surface area contributed by atoms with Crippen LogP contribution < -0.4 is 14.2 Å². The number of nitrogens with zero attached hydrogens (tertiary/aromatic N) is 3. The number of aliphatic hydroxyl groups is 1. The number of likely N-dealkylation sites (tertiary alicyclic amines) is 1. The number of non-ortho nitro benzene ring substituents is 1. The molecule has 11 nitrogen and oxygen atoms in total. The quantitative estimate of drug-likeness (QED) is 0.131. The van der Waals surface area contributed by atoms with Gasteiger partial charge in [0.25, 0.3) is 5.69 Å². The van der Waals surface area contributed by atoms with Gasteiger partial charge in [0.2, 0.25) is 5.60 Å². The molecule has 0 saturated carbocycles. The molecule has 0 radical (unpaired) electrons. The van der Waals surface area contributed by atoms with Crippen molar-refractivity contribution in [3.05, 3.63) is 93.7 Å². The predicted molar refractivity (Wildman–Crippen MR) is 170 cm³/mol. The minimum absolute atomic E-state index is 0.0334. The Kier molecular flexibility index (Phi) is 10.2. The number of carboxylic acid groups (broad SMARTS) is 1. The average molecular weight is 672 g/mol. The van der Waals surface area contributed by atoms with Crippen molar-refractivity contribution in [2.75, 3.05) is 33.9 Å². The lowest BCUT2D eigenvalue weighted by Crippen LogP contribution is -2.53. The topological polar surface area (TPSA) is 137 Å². The maximum atomic E-state index is 14.9. The number of rotatable bonds is 13. The summed E-state index contributed by atoms with van der Waals surface area (Å²) in [6, 6.07) is 15.7. The fourth-order valence-electron chi connectivity index (χ4n) is 6.10. The smallest absolute Gasteiger partial charge is 0.422 e. The molecule has 0 aliphatic carbocycles. The van der Waals surface area contributed by atoms with Gasteiger partial charge in [0.1, 0.15) is 11.9 Å². The number of aliphatic carboxylic acids is 1. The van der Waals surface area contributed by atoms with Crippen molar-refractivity contribution >= 4 is 22.6 Å². The van der Waals surface area contributed by atoms with Gasteiger partial charge < -0.3 is 29.0 Å². The monoisotopic (exact) mass is 671 g/mol. The molecule has 5 rings (SSSR count). The standard InChI is InChI=1S/C34H36F3N3O8/c1-46-29-6-4-3-5-23(29)19-39-20-27(26-10-9-24(40(44)45)18-28(26)39)33(43,34(35,36)37)21-38-15-13-25(14-16-38)48-30-11-7-22(8-12-32(41)42)17-31(30)47-2/h3-7,9-11,17-18,20,25,43H,8,12-16,19,21H2,1-2H3,(H,41,42). The molecule has 1 aliphatic heterocycles. The highest BCUT2D eigenvalue weighted by Gasteiger charge is 2.57. The first-order valence-corrected chi connectivity index (χ1v) is 15.3. The van der Waals surface area contributed by atoms with Crippen LogP contribution in [0.2, 0.25) is 0 Å². The second-order valence-electron chi connectivity index (χ2n) is 11.8. The highest BCUT2D eigenvalue weighted by Crippen LogP contribution is 2.44. The summed E-state index contributed by atoms with van der Waals surface area (Å²) in [5.41, 5.74) is -2.42. The van der Waals surface area contributed by atoms with Crippen molar-refractivity contribution in [1.82, 2.24) is 9.47 Å². The zero-order chi connectivity index (χ0) is 34.6. The molecule has 14 heteroatoms. The molecule has 1 aliphatic rings. The molecular formula is C34H36F3N3O8. The summed E-state index contributed by atoms with van der Waals surface area (Å²) in [6.45, 7) is -0.307. The van der Waals surface area contributed by atoms with E-state index in [0.717, 1.165) is 11.6 Å². The van der Waals surface area contributed by atoms with Gasteiger partial charge in [-0.05, 0) is 49.1 Å². The van der Waals surface area contributed by atoms with E-state index in [1.54, 1.807) is 42.5 Å². The third kappa shape index (κ3) is 7.34. The number of carbonyl (C=O) groups is 1. The Hall–Kier alpha value is -4.82. The number of piperidine rings is 1. The van der Waals surface area contributed by atoms with Gasteiger partial charge in [-0.2, -0.15) is 13.2 Å². The predicted octanol–water partition coefficient (Wildman–Crippen LogP) is 5.93. The molecule has 2 N–H and O–H groups in total. The van der Waals surface area contributed by atoms with Crippen LogP contribution in [0, 0.1) is 10.1 Å². The number of aryl methyl sites for hydroxylation is 1. The minimum atomic E-state index is -5.08. The summed E-state index contributed by atoms with van der Waals surface area (Å²) < 4.78 is 63.2. The van der Waals surface area contributed by atoms with Crippen LogP contribution in [0.4, 0.5) is 18.9 Å². The van der Waals surface area contributed by atoms with Gasteiger partial charge in [0.15, 0.2) is 11.5 Å². The Labute approximate surface area is 274 Å². The highest BCUT2D eigenvalue weighted by atomic mass is 19.4. The van der Waals surface area contributed by atoms with Crippen molar-refractivity contribution in [2.24, 2.45) is 0 Å². The first-order valence-electron chi connectivity index (χ1n) is 15.3. The number of hydrogen-bond donors (Lipinski definition) is 2. The number of nitro groups is 1. The number of β-amino-alcohol motifs (C(OH)–C–C–N with tert-alkyl or cyclic N) is 1. The zero-order valence-corrected chi connectivity index (χ0v) is 26.4. The average Bonchev–Trinajstić information content (AvgIpc) is 3.42. The lowest BCUT2D eigenvalue weighted by atomic mass is 9.91. The van der Waals surface area contributed by atoms with Crippen LogP contribution in [0.1, 0.15) is 36.0 Å².